The first-order chi connectivity index (χ1) is 8.20. The maximum absolute atomic E-state index is 12.3. The first-order valence-corrected chi connectivity index (χ1v) is 6.93. The number of piperazine rings is 1. The molecule has 2 aliphatic heterocycles. The second-order valence-corrected chi connectivity index (χ2v) is 5.41. The molecule has 0 atom stereocenters. The average molecular weight is 239 g/mol. The van der Waals surface area contributed by atoms with E-state index in [2.05, 4.69) is 23.8 Å². The summed E-state index contributed by atoms with van der Waals surface area (Å²) in [5, 5.41) is 0. The zero-order valence-corrected chi connectivity index (χ0v) is 11.2. The molecule has 2 fully saturated rings. The number of hydrogen-bond acceptors (Lipinski definition) is 2. The van der Waals surface area contributed by atoms with Crippen LogP contribution in [0.3, 0.4) is 0 Å². The molecule has 0 aromatic heterocycles. The molecule has 0 aromatic rings. The maximum atomic E-state index is 12.3. The molecule has 0 spiro atoms. The number of piperidine rings is 1. The monoisotopic (exact) mass is 239 g/mol. The number of hydrogen-bond donors (Lipinski definition) is 0. The topological polar surface area (TPSA) is 26.8 Å². The van der Waals surface area contributed by atoms with E-state index >= 15 is 0 Å². The fourth-order valence-electron chi connectivity index (χ4n) is 2.73. The van der Waals surface area contributed by atoms with Crippen LogP contribution in [0, 0.1) is 5.92 Å². The minimum atomic E-state index is 0.271. The SMILES string of the molecule is CCC1CCN(C(=O)N2CCN(C)CC2)CC1. The molecule has 2 amide bonds. The van der Waals surface area contributed by atoms with Gasteiger partial charge < -0.3 is 14.7 Å². The highest BCUT2D eigenvalue weighted by molar-refractivity contribution is 5.74. The van der Waals surface area contributed by atoms with Gasteiger partial charge in [0.15, 0.2) is 0 Å². The third-order valence-corrected chi connectivity index (χ3v) is 4.24. The lowest BCUT2D eigenvalue weighted by Gasteiger charge is -2.38. The zero-order valence-electron chi connectivity index (χ0n) is 11.2. The Morgan fingerprint density at radius 1 is 1.00 bits per heavy atom. The van der Waals surface area contributed by atoms with Crippen LogP contribution in [0.2, 0.25) is 0 Å². The highest BCUT2D eigenvalue weighted by Crippen LogP contribution is 2.21. The van der Waals surface area contributed by atoms with E-state index in [4.69, 9.17) is 0 Å². The van der Waals surface area contributed by atoms with E-state index in [1.807, 2.05) is 4.90 Å². The molecule has 0 aromatic carbocycles. The molecular weight excluding hydrogens is 214 g/mol. The molecule has 17 heavy (non-hydrogen) atoms. The van der Waals surface area contributed by atoms with Crippen molar-refractivity contribution < 1.29 is 4.79 Å². The summed E-state index contributed by atoms with van der Waals surface area (Å²) in [6.45, 7) is 7.98. The Labute approximate surface area is 105 Å². The fraction of sp³-hybridized carbons (Fsp3) is 0.923. The molecule has 4 nitrogen and oxygen atoms in total. The molecule has 2 rings (SSSR count). The summed E-state index contributed by atoms with van der Waals surface area (Å²) in [6, 6.07) is 0.271. The molecule has 0 aliphatic carbocycles. The standard InChI is InChI=1S/C13H25N3O/c1-3-12-4-6-15(7-5-12)13(17)16-10-8-14(2)9-11-16/h12H,3-11H2,1-2H3. The van der Waals surface area contributed by atoms with E-state index in [0.717, 1.165) is 45.2 Å². The number of likely N-dealkylation sites (N-methyl/N-ethyl adjacent to an activating group) is 1. The molecule has 0 unspecified atom stereocenters. The van der Waals surface area contributed by atoms with Crippen molar-refractivity contribution in [2.45, 2.75) is 26.2 Å². The lowest BCUT2D eigenvalue weighted by atomic mass is 9.95. The second-order valence-electron chi connectivity index (χ2n) is 5.41. The van der Waals surface area contributed by atoms with Gasteiger partial charge in [0.25, 0.3) is 0 Å². The number of nitrogens with zero attached hydrogens (tertiary/aromatic N) is 3. The molecule has 98 valence electrons. The van der Waals surface area contributed by atoms with Gasteiger partial charge in [-0.15, -0.1) is 0 Å². The van der Waals surface area contributed by atoms with Crippen LogP contribution >= 0.6 is 0 Å². The molecule has 0 radical (unpaired) electrons. The molecular formula is C13H25N3O. The van der Waals surface area contributed by atoms with Crippen LogP contribution in [0.1, 0.15) is 26.2 Å². The van der Waals surface area contributed by atoms with Crippen molar-refractivity contribution in [1.29, 1.82) is 0 Å². The number of urea groups is 1. The molecule has 2 saturated heterocycles. The predicted molar refractivity (Wildman–Crippen MR) is 69.1 cm³/mol. The van der Waals surface area contributed by atoms with E-state index in [9.17, 15) is 4.79 Å². The van der Waals surface area contributed by atoms with Gasteiger partial charge in [-0.25, -0.2) is 4.79 Å². The number of carbonyl (C=O) groups is 1. The summed E-state index contributed by atoms with van der Waals surface area (Å²) in [5.74, 6) is 0.839. The summed E-state index contributed by atoms with van der Waals surface area (Å²) in [5.41, 5.74) is 0. The van der Waals surface area contributed by atoms with Gasteiger partial charge in [0.05, 0.1) is 0 Å². The van der Waals surface area contributed by atoms with Crippen molar-refractivity contribution in [3.05, 3.63) is 0 Å². The summed E-state index contributed by atoms with van der Waals surface area (Å²) < 4.78 is 0. The summed E-state index contributed by atoms with van der Waals surface area (Å²) in [6.07, 6.45) is 3.64. The molecule has 0 saturated carbocycles. The number of likely N-dealkylation sites (tertiary alicyclic amines) is 1. The van der Waals surface area contributed by atoms with Gasteiger partial charge in [0.2, 0.25) is 0 Å². The minimum Gasteiger partial charge on any atom is -0.325 e. The first kappa shape index (κ1) is 12.7. The van der Waals surface area contributed by atoms with Crippen LogP contribution in [0.5, 0.6) is 0 Å². The van der Waals surface area contributed by atoms with Gasteiger partial charge in [-0.05, 0) is 25.8 Å². The van der Waals surface area contributed by atoms with Crippen LogP contribution in [0.25, 0.3) is 0 Å². The second kappa shape index (κ2) is 5.71. The van der Waals surface area contributed by atoms with Crippen LogP contribution in [0.15, 0.2) is 0 Å². The normalized spacial score (nSPS) is 24.1. The van der Waals surface area contributed by atoms with Gasteiger partial charge in [-0.1, -0.05) is 13.3 Å². The van der Waals surface area contributed by atoms with E-state index in [1.165, 1.54) is 19.3 Å². The highest BCUT2D eigenvalue weighted by Gasteiger charge is 2.27. The van der Waals surface area contributed by atoms with Gasteiger partial charge in [-0.2, -0.15) is 0 Å². The molecule has 2 aliphatic rings. The van der Waals surface area contributed by atoms with Crippen LogP contribution < -0.4 is 0 Å². The first-order valence-electron chi connectivity index (χ1n) is 6.93. The van der Waals surface area contributed by atoms with Crippen LogP contribution in [-0.2, 0) is 0 Å². The third-order valence-electron chi connectivity index (χ3n) is 4.24. The molecule has 2 heterocycles. The fourth-order valence-corrected chi connectivity index (χ4v) is 2.73. The van der Waals surface area contributed by atoms with Gasteiger partial charge in [0.1, 0.15) is 0 Å². The van der Waals surface area contributed by atoms with Crippen molar-refractivity contribution in [1.82, 2.24) is 14.7 Å². The minimum absolute atomic E-state index is 0.271. The largest absolute Gasteiger partial charge is 0.325 e. The Bertz CT molecular complexity index is 253. The molecule has 0 bridgehead atoms. The average Bonchev–Trinajstić information content (AvgIpc) is 2.39. The van der Waals surface area contributed by atoms with Crippen molar-refractivity contribution in [2.75, 3.05) is 46.3 Å². The van der Waals surface area contributed by atoms with E-state index < -0.39 is 0 Å². The lowest BCUT2D eigenvalue weighted by molar-refractivity contribution is 0.108. The maximum Gasteiger partial charge on any atom is 0.320 e. The summed E-state index contributed by atoms with van der Waals surface area (Å²) >= 11 is 0. The van der Waals surface area contributed by atoms with Crippen molar-refractivity contribution in [3.63, 3.8) is 0 Å². The van der Waals surface area contributed by atoms with Crippen molar-refractivity contribution in [3.8, 4) is 0 Å². The molecule has 0 N–H and O–H groups in total. The highest BCUT2D eigenvalue weighted by atomic mass is 16.2. The van der Waals surface area contributed by atoms with Crippen LogP contribution in [-0.4, -0.2) is 67.0 Å². The number of carbonyl (C=O) groups excluding carboxylic acids is 1. The zero-order chi connectivity index (χ0) is 12.3. The van der Waals surface area contributed by atoms with Crippen molar-refractivity contribution in [2.24, 2.45) is 5.92 Å². The summed E-state index contributed by atoms with van der Waals surface area (Å²) in [4.78, 5) is 18.6. The Kier molecular flexibility index (Phi) is 4.26. The van der Waals surface area contributed by atoms with Crippen molar-refractivity contribution >= 4 is 6.03 Å². The Hall–Kier alpha value is -0.770. The van der Waals surface area contributed by atoms with E-state index in [-0.39, 0.29) is 6.03 Å². The van der Waals surface area contributed by atoms with Gasteiger partial charge in [-0.3, -0.25) is 0 Å². The number of rotatable bonds is 1. The lowest BCUT2D eigenvalue weighted by Crippen LogP contribution is -2.53. The number of amides is 2. The third kappa shape index (κ3) is 3.12. The van der Waals surface area contributed by atoms with E-state index in [0.29, 0.717) is 0 Å². The van der Waals surface area contributed by atoms with Crippen LogP contribution in [0.4, 0.5) is 4.79 Å². The van der Waals surface area contributed by atoms with Gasteiger partial charge in [0, 0.05) is 39.3 Å². The smallest absolute Gasteiger partial charge is 0.320 e. The predicted octanol–water partition coefficient (Wildman–Crippen LogP) is 1.48. The summed E-state index contributed by atoms with van der Waals surface area (Å²) in [7, 11) is 2.12. The molecule has 4 heteroatoms. The Balaban J connectivity index is 1.80. The Morgan fingerprint density at radius 3 is 2.06 bits per heavy atom. The quantitative estimate of drug-likeness (QED) is 0.693. The van der Waals surface area contributed by atoms with Gasteiger partial charge >= 0.3 is 6.03 Å². The Morgan fingerprint density at radius 2 is 1.53 bits per heavy atom. The van der Waals surface area contributed by atoms with E-state index in [1.54, 1.807) is 0 Å².